The van der Waals surface area contributed by atoms with Crippen molar-refractivity contribution >= 4 is 23.7 Å². The second-order valence-corrected chi connectivity index (χ2v) is 9.53. The van der Waals surface area contributed by atoms with Crippen LogP contribution in [0.1, 0.15) is 111 Å². The molecule has 0 aromatic heterocycles. The monoisotopic (exact) mass is 524 g/mol. The molecule has 0 heterocycles. The number of hydrogen-bond donors (Lipinski definition) is 0. The fraction of sp³-hybridized carbons (Fsp3) is 0.793. The van der Waals surface area contributed by atoms with E-state index in [-0.39, 0.29) is 24.0 Å². The van der Waals surface area contributed by atoms with E-state index < -0.39 is 0 Å². The fourth-order valence-electron chi connectivity index (χ4n) is 3.88. The van der Waals surface area contributed by atoms with Gasteiger partial charge in [-0.25, -0.2) is 4.79 Å². The van der Waals surface area contributed by atoms with Gasteiger partial charge in [-0.1, -0.05) is 44.6 Å². The van der Waals surface area contributed by atoms with Gasteiger partial charge in [-0.05, 0) is 58.8 Å². The molecule has 0 fully saturated rings. The summed E-state index contributed by atoms with van der Waals surface area (Å²) < 4.78 is 16.0. The van der Waals surface area contributed by atoms with E-state index in [4.69, 9.17) is 14.2 Å². The summed E-state index contributed by atoms with van der Waals surface area (Å²) in [6.45, 7) is 6.92. The Morgan fingerprint density at radius 1 is 0.811 bits per heavy atom. The molecule has 0 aliphatic carbocycles. The molecule has 0 radical (unpaired) electrons. The lowest BCUT2D eigenvalue weighted by atomic mass is 10.0. The van der Waals surface area contributed by atoms with Gasteiger partial charge in [0.2, 0.25) is 0 Å². The Kier molecular flexibility index (Phi) is 22.4. The number of hydrogen-bond acceptors (Lipinski definition) is 7. The van der Waals surface area contributed by atoms with Crippen LogP contribution in [0.3, 0.4) is 0 Å². The Bertz CT molecular complexity index is 677. The Morgan fingerprint density at radius 2 is 1.35 bits per heavy atom. The molecule has 0 rings (SSSR count). The second-order valence-electron chi connectivity index (χ2n) is 9.53. The van der Waals surface area contributed by atoms with Gasteiger partial charge in [-0.3, -0.25) is 14.6 Å². The molecule has 8 nitrogen and oxygen atoms in total. The third-order valence-corrected chi connectivity index (χ3v) is 6.24. The van der Waals surface area contributed by atoms with Crippen LogP contribution in [0.4, 0.5) is 0 Å². The smallest absolute Gasteiger partial charge is 0.330 e. The minimum absolute atomic E-state index is 0.0352. The van der Waals surface area contributed by atoms with Gasteiger partial charge in [0.15, 0.2) is 0 Å². The molecule has 0 bridgehead atoms. The van der Waals surface area contributed by atoms with Gasteiger partial charge in [-0.15, -0.1) is 0 Å². The Morgan fingerprint density at radius 3 is 1.89 bits per heavy atom. The highest BCUT2D eigenvalue weighted by atomic mass is 16.5. The zero-order valence-corrected chi connectivity index (χ0v) is 24.1. The van der Waals surface area contributed by atoms with E-state index >= 15 is 0 Å². The summed E-state index contributed by atoms with van der Waals surface area (Å²) in [6, 6.07) is 0. The van der Waals surface area contributed by atoms with E-state index in [0.29, 0.717) is 19.6 Å². The molecule has 0 aromatic carbocycles. The fourth-order valence-corrected chi connectivity index (χ4v) is 3.88. The second kappa shape index (κ2) is 24.0. The minimum Gasteiger partial charge on any atom is -0.466 e. The molecule has 0 amide bonds. The van der Waals surface area contributed by atoms with Gasteiger partial charge in [0.1, 0.15) is 6.10 Å². The first-order valence-electron chi connectivity index (χ1n) is 14.1. The molecule has 0 aliphatic rings. The molecule has 1 atom stereocenters. The van der Waals surface area contributed by atoms with Crippen LogP contribution >= 0.6 is 0 Å². The van der Waals surface area contributed by atoms with Crippen LogP contribution in [0.5, 0.6) is 0 Å². The molecule has 0 saturated heterocycles. The maximum absolute atomic E-state index is 12.5. The first kappa shape index (κ1) is 34.6. The highest BCUT2D eigenvalue weighted by Gasteiger charge is 2.15. The summed E-state index contributed by atoms with van der Waals surface area (Å²) >= 11 is 0. The van der Waals surface area contributed by atoms with Gasteiger partial charge < -0.3 is 19.1 Å². The summed E-state index contributed by atoms with van der Waals surface area (Å²) in [5.74, 6) is 0.332. The number of carbonyl (C=O) groups excluding carboxylic acids is 3. The number of allylic oxidation sites excluding steroid dienone is 1. The van der Waals surface area contributed by atoms with E-state index in [1.54, 1.807) is 20.0 Å². The van der Waals surface area contributed by atoms with Crippen molar-refractivity contribution in [2.75, 3.05) is 33.9 Å². The number of aliphatic imine (C=N–C) groups is 1. The summed E-state index contributed by atoms with van der Waals surface area (Å²) in [5.41, 5.74) is 0. The summed E-state index contributed by atoms with van der Waals surface area (Å²) in [6.07, 6.45) is 16.2. The van der Waals surface area contributed by atoms with Crippen molar-refractivity contribution < 1.29 is 28.6 Å². The van der Waals surface area contributed by atoms with Gasteiger partial charge in [0, 0.05) is 40.1 Å². The van der Waals surface area contributed by atoms with Crippen LogP contribution in [0, 0.1) is 0 Å². The zero-order chi connectivity index (χ0) is 27.7. The van der Waals surface area contributed by atoms with Crippen molar-refractivity contribution in [3.05, 3.63) is 12.2 Å². The largest absolute Gasteiger partial charge is 0.466 e. The average Bonchev–Trinajstić information content (AvgIpc) is 2.86. The van der Waals surface area contributed by atoms with E-state index in [2.05, 4.69) is 4.99 Å². The maximum Gasteiger partial charge on any atom is 0.330 e. The van der Waals surface area contributed by atoms with Gasteiger partial charge in [0.05, 0.1) is 19.0 Å². The summed E-state index contributed by atoms with van der Waals surface area (Å²) in [4.78, 5) is 40.8. The Hall–Kier alpha value is -2.38. The summed E-state index contributed by atoms with van der Waals surface area (Å²) in [7, 11) is 3.75. The van der Waals surface area contributed by atoms with Crippen LogP contribution < -0.4 is 0 Å². The standard InChI is InChI=1S/C29H52N2O6/c1-6-18-28(33)36-24-16-12-8-10-14-20-27(19-13-9-7-11-15-23-35-26(3)32)37-29(34)21-17-22-31(5)25(2)30-4/h6,18,27H,7-17,19-24H2,1-5H3/b18-6-,30-25?. The van der Waals surface area contributed by atoms with E-state index in [0.717, 1.165) is 95.9 Å². The van der Waals surface area contributed by atoms with Crippen LogP contribution in [0.25, 0.3) is 0 Å². The van der Waals surface area contributed by atoms with Crippen LogP contribution in [0.2, 0.25) is 0 Å². The maximum atomic E-state index is 12.5. The van der Waals surface area contributed by atoms with E-state index in [9.17, 15) is 14.4 Å². The molecule has 0 aliphatic heterocycles. The number of esters is 3. The molecular weight excluding hydrogens is 472 g/mol. The van der Waals surface area contributed by atoms with Crippen molar-refractivity contribution in [2.24, 2.45) is 4.99 Å². The number of unbranched alkanes of at least 4 members (excludes halogenated alkanes) is 8. The molecule has 37 heavy (non-hydrogen) atoms. The van der Waals surface area contributed by atoms with Gasteiger partial charge in [-0.2, -0.15) is 0 Å². The quantitative estimate of drug-likeness (QED) is 0.0427. The topological polar surface area (TPSA) is 94.5 Å². The minimum atomic E-state index is -0.281. The number of nitrogens with zero attached hydrogens (tertiary/aromatic N) is 2. The number of amidine groups is 1. The van der Waals surface area contributed by atoms with Crippen molar-refractivity contribution in [3.63, 3.8) is 0 Å². The predicted molar refractivity (Wildman–Crippen MR) is 149 cm³/mol. The first-order chi connectivity index (χ1) is 17.8. The van der Waals surface area contributed by atoms with Gasteiger partial charge in [0.25, 0.3) is 0 Å². The molecule has 0 N–H and O–H groups in total. The third-order valence-electron chi connectivity index (χ3n) is 6.24. The van der Waals surface area contributed by atoms with E-state index in [1.807, 2.05) is 18.9 Å². The molecule has 0 saturated carbocycles. The highest BCUT2D eigenvalue weighted by molar-refractivity contribution is 5.81. The summed E-state index contributed by atoms with van der Waals surface area (Å²) in [5, 5.41) is 0. The number of carbonyl (C=O) groups is 3. The molecule has 8 heteroatoms. The molecule has 0 spiro atoms. The predicted octanol–water partition coefficient (Wildman–Crippen LogP) is 6.02. The van der Waals surface area contributed by atoms with Crippen LogP contribution in [-0.2, 0) is 28.6 Å². The average molecular weight is 525 g/mol. The molecule has 1 unspecified atom stereocenters. The molecular formula is C29H52N2O6. The molecule has 214 valence electrons. The van der Waals surface area contributed by atoms with Crippen molar-refractivity contribution in [2.45, 2.75) is 117 Å². The number of ether oxygens (including phenoxy) is 3. The molecule has 0 aromatic rings. The van der Waals surface area contributed by atoms with Crippen LogP contribution in [-0.4, -0.2) is 68.6 Å². The number of rotatable bonds is 22. The highest BCUT2D eigenvalue weighted by Crippen LogP contribution is 2.17. The lowest BCUT2D eigenvalue weighted by molar-refractivity contribution is -0.150. The van der Waals surface area contributed by atoms with E-state index in [1.165, 1.54) is 13.0 Å². The normalized spacial score (nSPS) is 12.4. The van der Waals surface area contributed by atoms with Crippen molar-refractivity contribution in [1.82, 2.24) is 4.90 Å². The van der Waals surface area contributed by atoms with Crippen molar-refractivity contribution in [1.29, 1.82) is 0 Å². The lowest BCUT2D eigenvalue weighted by Crippen LogP contribution is -2.26. The van der Waals surface area contributed by atoms with Crippen LogP contribution in [0.15, 0.2) is 17.1 Å². The first-order valence-corrected chi connectivity index (χ1v) is 14.1. The SMILES string of the molecule is C/C=C\C(=O)OCCCCCCCC(CCCCCCCOC(C)=O)OC(=O)CCCN(C)C(C)=NC. The third kappa shape index (κ3) is 22.5. The Labute approximate surface area is 225 Å². The Balaban J connectivity index is 4.28. The lowest BCUT2D eigenvalue weighted by Gasteiger charge is -2.20. The zero-order valence-electron chi connectivity index (χ0n) is 24.1. The van der Waals surface area contributed by atoms with Crippen molar-refractivity contribution in [3.8, 4) is 0 Å². The van der Waals surface area contributed by atoms with Gasteiger partial charge >= 0.3 is 17.9 Å².